The van der Waals surface area contributed by atoms with Crippen molar-refractivity contribution in [3.8, 4) is 11.8 Å². The van der Waals surface area contributed by atoms with Crippen molar-refractivity contribution in [1.82, 2.24) is 5.32 Å². The molecule has 1 unspecified atom stereocenters. The molecule has 1 aliphatic heterocycles. The molecule has 17 heavy (non-hydrogen) atoms. The predicted octanol–water partition coefficient (Wildman–Crippen LogP) is 1.69. The Morgan fingerprint density at radius 3 is 3.18 bits per heavy atom. The average Bonchev–Trinajstić information content (AvgIpc) is 2.38. The number of halogens is 1. The van der Waals surface area contributed by atoms with Crippen molar-refractivity contribution in [3.63, 3.8) is 0 Å². The van der Waals surface area contributed by atoms with Gasteiger partial charge in [0.25, 0.3) is 0 Å². The van der Waals surface area contributed by atoms with Crippen molar-refractivity contribution in [3.05, 3.63) is 28.2 Å². The third-order valence-corrected chi connectivity index (χ3v) is 2.99. The van der Waals surface area contributed by atoms with Gasteiger partial charge in [0.15, 0.2) is 0 Å². The quantitative estimate of drug-likeness (QED) is 0.922. The molecule has 1 saturated heterocycles. The largest absolute Gasteiger partial charge is 0.489 e. The molecule has 4 nitrogen and oxygen atoms in total. The van der Waals surface area contributed by atoms with Gasteiger partial charge in [-0.15, -0.1) is 0 Å². The van der Waals surface area contributed by atoms with Crippen LogP contribution in [0.3, 0.4) is 0 Å². The average molecular weight is 297 g/mol. The first-order valence-electron chi connectivity index (χ1n) is 5.44. The first kappa shape index (κ1) is 12.4. The maximum absolute atomic E-state index is 8.96. The van der Waals surface area contributed by atoms with Crippen LogP contribution < -0.4 is 10.1 Å². The van der Waals surface area contributed by atoms with Crippen molar-refractivity contribution >= 4 is 15.9 Å². The third kappa shape index (κ3) is 3.43. The Bertz CT molecular complexity index is 425. The zero-order valence-electron chi connectivity index (χ0n) is 9.28. The summed E-state index contributed by atoms with van der Waals surface area (Å²) in [6, 6.07) is 7.47. The minimum absolute atomic E-state index is 0.0503. The highest BCUT2D eigenvalue weighted by atomic mass is 79.9. The molecule has 0 spiro atoms. The number of nitriles is 1. The van der Waals surface area contributed by atoms with E-state index in [0.717, 1.165) is 17.6 Å². The molecule has 0 bridgehead atoms. The van der Waals surface area contributed by atoms with Crippen LogP contribution in [0.4, 0.5) is 0 Å². The Hall–Kier alpha value is -1.09. The van der Waals surface area contributed by atoms with Gasteiger partial charge in [0.1, 0.15) is 24.5 Å². The molecule has 1 fully saturated rings. The molecule has 1 aliphatic rings. The third-order valence-electron chi connectivity index (χ3n) is 2.49. The van der Waals surface area contributed by atoms with E-state index in [1.165, 1.54) is 0 Å². The van der Waals surface area contributed by atoms with E-state index in [4.69, 9.17) is 14.7 Å². The number of rotatable bonds is 3. The smallest absolute Gasteiger partial charge is 0.138 e. The van der Waals surface area contributed by atoms with Crippen molar-refractivity contribution < 1.29 is 9.47 Å². The van der Waals surface area contributed by atoms with Crippen LogP contribution in [-0.2, 0) is 4.74 Å². The Balaban J connectivity index is 1.98. The molecule has 0 amide bonds. The Morgan fingerprint density at radius 1 is 1.59 bits per heavy atom. The minimum Gasteiger partial charge on any atom is -0.489 e. The zero-order valence-corrected chi connectivity index (χ0v) is 10.9. The molecule has 0 aliphatic carbocycles. The van der Waals surface area contributed by atoms with E-state index < -0.39 is 0 Å². The second kappa shape index (κ2) is 6.01. The SMILES string of the molecule is N#Cc1ccc(Br)cc1OCC1CNCCO1. The summed E-state index contributed by atoms with van der Waals surface area (Å²) in [5.74, 6) is 0.594. The van der Waals surface area contributed by atoms with Gasteiger partial charge >= 0.3 is 0 Å². The molecular weight excluding hydrogens is 284 g/mol. The van der Waals surface area contributed by atoms with E-state index >= 15 is 0 Å². The molecule has 0 radical (unpaired) electrons. The van der Waals surface area contributed by atoms with Crippen LogP contribution in [0.25, 0.3) is 0 Å². The molecule has 5 heteroatoms. The number of morpholine rings is 1. The molecule has 1 aromatic carbocycles. The van der Waals surface area contributed by atoms with Gasteiger partial charge in [-0.1, -0.05) is 15.9 Å². The first-order chi connectivity index (χ1) is 8.29. The van der Waals surface area contributed by atoms with Gasteiger partial charge in [0.2, 0.25) is 0 Å². The highest BCUT2D eigenvalue weighted by molar-refractivity contribution is 9.10. The molecule has 90 valence electrons. The van der Waals surface area contributed by atoms with Crippen LogP contribution in [0.5, 0.6) is 5.75 Å². The monoisotopic (exact) mass is 296 g/mol. The van der Waals surface area contributed by atoms with Gasteiger partial charge in [-0.3, -0.25) is 0 Å². The summed E-state index contributed by atoms with van der Waals surface area (Å²) in [5, 5.41) is 12.2. The maximum atomic E-state index is 8.96. The number of nitrogens with one attached hydrogen (secondary N) is 1. The second-order valence-corrected chi connectivity index (χ2v) is 4.68. The fourth-order valence-electron chi connectivity index (χ4n) is 1.62. The summed E-state index contributed by atoms with van der Waals surface area (Å²) in [6.07, 6.45) is 0.0503. The molecule has 2 rings (SSSR count). The van der Waals surface area contributed by atoms with Crippen LogP contribution in [-0.4, -0.2) is 32.4 Å². The molecule has 1 atom stereocenters. The lowest BCUT2D eigenvalue weighted by atomic mass is 10.2. The molecular formula is C12H13BrN2O2. The van der Waals surface area contributed by atoms with E-state index in [1.54, 1.807) is 12.1 Å². The Kier molecular flexibility index (Phi) is 4.37. The highest BCUT2D eigenvalue weighted by Gasteiger charge is 2.14. The number of benzene rings is 1. The predicted molar refractivity (Wildman–Crippen MR) is 67.0 cm³/mol. The van der Waals surface area contributed by atoms with Crippen LogP contribution in [0.2, 0.25) is 0 Å². The van der Waals surface area contributed by atoms with Crippen LogP contribution >= 0.6 is 15.9 Å². The maximum Gasteiger partial charge on any atom is 0.138 e. The first-order valence-corrected chi connectivity index (χ1v) is 6.23. The standard InChI is InChI=1S/C12H13BrN2O2/c13-10-2-1-9(6-14)12(5-10)17-8-11-7-15-3-4-16-11/h1-2,5,11,15H,3-4,7-8H2. The van der Waals surface area contributed by atoms with Gasteiger partial charge < -0.3 is 14.8 Å². The van der Waals surface area contributed by atoms with Gasteiger partial charge in [-0.05, 0) is 18.2 Å². The summed E-state index contributed by atoms with van der Waals surface area (Å²) in [4.78, 5) is 0. The topological polar surface area (TPSA) is 54.3 Å². The number of ether oxygens (including phenoxy) is 2. The lowest BCUT2D eigenvalue weighted by Gasteiger charge is -2.23. The summed E-state index contributed by atoms with van der Waals surface area (Å²) >= 11 is 3.36. The summed E-state index contributed by atoms with van der Waals surface area (Å²) < 4.78 is 12.0. The van der Waals surface area contributed by atoms with Gasteiger partial charge in [0, 0.05) is 17.6 Å². The van der Waals surface area contributed by atoms with Crippen molar-refractivity contribution in [2.24, 2.45) is 0 Å². The zero-order chi connectivity index (χ0) is 12.1. The van der Waals surface area contributed by atoms with Crippen LogP contribution in [0, 0.1) is 11.3 Å². The lowest BCUT2D eigenvalue weighted by molar-refractivity contribution is 0.000129. The van der Waals surface area contributed by atoms with Gasteiger partial charge in [0.05, 0.1) is 12.2 Å². The lowest BCUT2D eigenvalue weighted by Crippen LogP contribution is -2.41. The van der Waals surface area contributed by atoms with E-state index in [-0.39, 0.29) is 6.10 Å². The van der Waals surface area contributed by atoms with E-state index in [9.17, 15) is 0 Å². The molecule has 0 aromatic heterocycles. The minimum atomic E-state index is 0.0503. The summed E-state index contributed by atoms with van der Waals surface area (Å²) in [6.45, 7) is 2.84. The molecule has 1 aromatic rings. The highest BCUT2D eigenvalue weighted by Crippen LogP contribution is 2.23. The van der Waals surface area contributed by atoms with Crippen molar-refractivity contribution in [2.75, 3.05) is 26.3 Å². The fraction of sp³-hybridized carbons (Fsp3) is 0.417. The second-order valence-electron chi connectivity index (χ2n) is 3.76. The molecule has 1 heterocycles. The van der Waals surface area contributed by atoms with Gasteiger partial charge in [-0.25, -0.2) is 0 Å². The summed E-state index contributed by atoms with van der Waals surface area (Å²) in [5.41, 5.74) is 0.539. The Morgan fingerprint density at radius 2 is 2.47 bits per heavy atom. The number of hydrogen-bond acceptors (Lipinski definition) is 4. The number of hydrogen-bond donors (Lipinski definition) is 1. The molecule has 1 N–H and O–H groups in total. The van der Waals surface area contributed by atoms with Crippen molar-refractivity contribution in [1.29, 1.82) is 5.26 Å². The van der Waals surface area contributed by atoms with E-state index in [1.807, 2.05) is 6.07 Å². The molecule has 0 saturated carbocycles. The van der Waals surface area contributed by atoms with Crippen LogP contribution in [0.15, 0.2) is 22.7 Å². The summed E-state index contributed by atoms with van der Waals surface area (Å²) in [7, 11) is 0. The normalized spacial score (nSPS) is 19.6. The fourth-order valence-corrected chi connectivity index (χ4v) is 1.96. The van der Waals surface area contributed by atoms with Gasteiger partial charge in [-0.2, -0.15) is 5.26 Å². The van der Waals surface area contributed by atoms with E-state index in [2.05, 4.69) is 27.3 Å². The van der Waals surface area contributed by atoms with Crippen molar-refractivity contribution in [2.45, 2.75) is 6.10 Å². The number of nitrogens with zero attached hydrogens (tertiary/aromatic N) is 1. The Labute approximate surface area is 109 Å². The van der Waals surface area contributed by atoms with Crippen LogP contribution in [0.1, 0.15) is 5.56 Å². The van der Waals surface area contributed by atoms with E-state index in [0.29, 0.717) is 24.5 Å².